The average molecular weight is 272 g/mol. The fourth-order valence-electron chi connectivity index (χ4n) is 1.92. The fraction of sp³-hybridized carbons (Fsp3) is 0.188. The summed E-state index contributed by atoms with van der Waals surface area (Å²) in [5.41, 5.74) is 2.31. The molecule has 0 saturated heterocycles. The Morgan fingerprint density at radius 2 is 1.80 bits per heavy atom. The quantitative estimate of drug-likeness (QED) is 0.821. The van der Waals surface area contributed by atoms with E-state index >= 15 is 0 Å². The number of carboxylic acid groups (broad SMARTS) is 1. The summed E-state index contributed by atoms with van der Waals surface area (Å²) in [7, 11) is 1.57. The van der Waals surface area contributed by atoms with Crippen molar-refractivity contribution in [2.75, 3.05) is 13.9 Å². The van der Waals surface area contributed by atoms with Gasteiger partial charge in [-0.25, -0.2) is 4.79 Å². The van der Waals surface area contributed by atoms with Crippen LogP contribution in [-0.2, 0) is 11.2 Å². The lowest BCUT2D eigenvalue weighted by molar-refractivity contribution is 0.0511. The van der Waals surface area contributed by atoms with E-state index in [0.717, 1.165) is 16.9 Å². The van der Waals surface area contributed by atoms with Gasteiger partial charge in [0, 0.05) is 7.11 Å². The molecule has 0 aliphatic carbocycles. The first kappa shape index (κ1) is 14.1. The van der Waals surface area contributed by atoms with Crippen molar-refractivity contribution in [1.29, 1.82) is 0 Å². The Kier molecular flexibility index (Phi) is 4.74. The number of benzene rings is 2. The normalized spacial score (nSPS) is 10.2. The molecule has 0 saturated carbocycles. The highest BCUT2D eigenvalue weighted by molar-refractivity contribution is 5.87. The highest BCUT2D eigenvalue weighted by Gasteiger charge is 2.04. The van der Waals surface area contributed by atoms with Gasteiger partial charge < -0.3 is 14.6 Å². The lowest BCUT2D eigenvalue weighted by Gasteiger charge is -2.07. The molecule has 0 unspecified atom stereocenters. The van der Waals surface area contributed by atoms with E-state index < -0.39 is 5.97 Å². The van der Waals surface area contributed by atoms with Crippen LogP contribution in [0.25, 0.3) is 0 Å². The second kappa shape index (κ2) is 6.73. The molecular formula is C16H16O4. The predicted molar refractivity (Wildman–Crippen MR) is 75.2 cm³/mol. The van der Waals surface area contributed by atoms with Crippen molar-refractivity contribution in [1.82, 2.24) is 0 Å². The van der Waals surface area contributed by atoms with Crippen molar-refractivity contribution >= 4 is 5.97 Å². The second-order valence-electron chi connectivity index (χ2n) is 4.38. The SMILES string of the molecule is COCOc1cccc(Cc2cccc(C(=O)O)c2)c1. The summed E-state index contributed by atoms with van der Waals surface area (Å²) >= 11 is 0. The molecule has 20 heavy (non-hydrogen) atoms. The monoisotopic (exact) mass is 272 g/mol. The molecule has 0 aliphatic heterocycles. The first-order valence-electron chi connectivity index (χ1n) is 6.22. The van der Waals surface area contributed by atoms with Crippen molar-refractivity contribution in [3.05, 3.63) is 65.2 Å². The molecule has 2 aromatic carbocycles. The minimum Gasteiger partial charge on any atom is -0.478 e. The molecule has 4 nitrogen and oxygen atoms in total. The van der Waals surface area contributed by atoms with E-state index in [1.807, 2.05) is 30.3 Å². The Morgan fingerprint density at radius 3 is 2.50 bits per heavy atom. The van der Waals surface area contributed by atoms with Crippen LogP contribution in [0.15, 0.2) is 48.5 Å². The highest BCUT2D eigenvalue weighted by atomic mass is 16.7. The predicted octanol–water partition coefficient (Wildman–Crippen LogP) is 2.96. The van der Waals surface area contributed by atoms with Crippen molar-refractivity contribution < 1.29 is 19.4 Å². The van der Waals surface area contributed by atoms with Crippen molar-refractivity contribution in [2.45, 2.75) is 6.42 Å². The molecule has 1 N–H and O–H groups in total. The van der Waals surface area contributed by atoms with Crippen LogP contribution in [0.1, 0.15) is 21.5 Å². The van der Waals surface area contributed by atoms with Gasteiger partial charge in [-0.3, -0.25) is 0 Å². The van der Waals surface area contributed by atoms with E-state index in [-0.39, 0.29) is 6.79 Å². The molecule has 0 radical (unpaired) electrons. The molecule has 0 heterocycles. The summed E-state index contributed by atoms with van der Waals surface area (Å²) in [6, 6.07) is 14.6. The summed E-state index contributed by atoms with van der Waals surface area (Å²) in [5, 5.41) is 8.98. The molecule has 4 heteroatoms. The highest BCUT2D eigenvalue weighted by Crippen LogP contribution is 2.17. The fourth-order valence-corrected chi connectivity index (χ4v) is 1.92. The van der Waals surface area contributed by atoms with Gasteiger partial charge in [-0.1, -0.05) is 24.3 Å². The molecule has 2 aromatic rings. The Bertz CT molecular complexity index is 593. The van der Waals surface area contributed by atoms with Crippen LogP contribution in [0, 0.1) is 0 Å². The lowest BCUT2D eigenvalue weighted by Crippen LogP contribution is -2.00. The standard InChI is InChI=1S/C16H16O4/c1-19-11-20-15-7-3-5-13(10-15)8-12-4-2-6-14(9-12)16(17)18/h2-7,9-10H,8,11H2,1H3,(H,17,18). The molecule has 0 fully saturated rings. The summed E-state index contributed by atoms with van der Waals surface area (Å²) < 4.78 is 10.2. The van der Waals surface area contributed by atoms with Crippen LogP contribution >= 0.6 is 0 Å². The van der Waals surface area contributed by atoms with Gasteiger partial charge >= 0.3 is 5.97 Å². The maximum Gasteiger partial charge on any atom is 0.335 e. The van der Waals surface area contributed by atoms with Crippen LogP contribution in [0.5, 0.6) is 5.75 Å². The molecule has 2 rings (SSSR count). The van der Waals surface area contributed by atoms with Crippen LogP contribution in [0.2, 0.25) is 0 Å². The van der Waals surface area contributed by atoms with E-state index in [2.05, 4.69) is 0 Å². The number of methoxy groups -OCH3 is 1. The molecular weight excluding hydrogens is 256 g/mol. The molecule has 104 valence electrons. The molecule has 0 bridgehead atoms. The van der Waals surface area contributed by atoms with Crippen LogP contribution < -0.4 is 4.74 Å². The first-order valence-corrected chi connectivity index (χ1v) is 6.22. The minimum atomic E-state index is -0.913. The van der Waals surface area contributed by atoms with E-state index in [0.29, 0.717) is 12.0 Å². The number of hydrogen-bond acceptors (Lipinski definition) is 3. The number of carbonyl (C=O) groups is 1. The zero-order valence-electron chi connectivity index (χ0n) is 11.2. The van der Waals surface area contributed by atoms with Gasteiger partial charge in [-0.05, 0) is 41.8 Å². The third kappa shape index (κ3) is 3.83. The van der Waals surface area contributed by atoms with E-state index in [1.54, 1.807) is 25.3 Å². The van der Waals surface area contributed by atoms with Gasteiger partial charge in [0.25, 0.3) is 0 Å². The van der Waals surface area contributed by atoms with Crippen LogP contribution in [0.3, 0.4) is 0 Å². The lowest BCUT2D eigenvalue weighted by atomic mass is 10.0. The maximum absolute atomic E-state index is 10.9. The molecule has 0 aliphatic rings. The van der Waals surface area contributed by atoms with Gasteiger partial charge in [0.2, 0.25) is 0 Å². The van der Waals surface area contributed by atoms with Gasteiger partial charge in [0.05, 0.1) is 5.56 Å². The van der Waals surface area contributed by atoms with Crippen molar-refractivity contribution in [3.63, 3.8) is 0 Å². The number of rotatable bonds is 6. The number of aromatic carboxylic acids is 1. The van der Waals surface area contributed by atoms with Crippen molar-refractivity contribution in [3.8, 4) is 5.75 Å². The molecule has 0 atom stereocenters. The van der Waals surface area contributed by atoms with Crippen LogP contribution in [-0.4, -0.2) is 25.0 Å². The first-order chi connectivity index (χ1) is 9.69. The second-order valence-corrected chi connectivity index (χ2v) is 4.38. The maximum atomic E-state index is 10.9. The van der Waals surface area contributed by atoms with Gasteiger partial charge in [0.1, 0.15) is 5.75 Å². The van der Waals surface area contributed by atoms with Crippen LogP contribution in [0.4, 0.5) is 0 Å². The topological polar surface area (TPSA) is 55.8 Å². The van der Waals surface area contributed by atoms with Gasteiger partial charge in [0.15, 0.2) is 6.79 Å². The zero-order valence-corrected chi connectivity index (χ0v) is 11.2. The Morgan fingerprint density at radius 1 is 1.10 bits per heavy atom. The summed E-state index contributed by atoms with van der Waals surface area (Å²) in [6.45, 7) is 0.206. The molecule has 0 spiro atoms. The summed E-state index contributed by atoms with van der Waals surface area (Å²) in [6.07, 6.45) is 0.658. The van der Waals surface area contributed by atoms with E-state index in [4.69, 9.17) is 14.6 Å². The third-order valence-electron chi connectivity index (χ3n) is 2.82. The van der Waals surface area contributed by atoms with E-state index in [9.17, 15) is 4.79 Å². The third-order valence-corrected chi connectivity index (χ3v) is 2.82. The number of carboxylic acids is 1. The summed E-state index contributed by atoms with van der Waals surface area (Å²) in [4.78, 5) is 10.9. The van der Waals surface area contributed by atoms with Crippen molar-refractivity contribution in [2.24, 2.45) is 0 Å². The zero-order chi connectivity index (χ0) is 14.4. The summed E-state index contributed by atoms with van der Waals surface area (Å²) in [5.74, 6) is -0.178. The number of hydrogen-bond donors (Lipinski definition) is 1. The minimum absolute atomic E-state index is 0.206. The Hall–Kier alpha value is -2.33. The van der Waals surface area contributed by atoms with Gasteiger partial charge in [-0.15, -0.1) is 0 Å². The Labute approximate surface area is 117 Å². The van der Waals surface area contributed by atoms with Gasteiger partial charge in [-0.2, -0.15) is 0 Å². The number of ether oxygens (including phenoxy) is 2. The molecule has 0 aromatic heterocycles. The van der Waals surface area contributed by atoms with E-state index in [1.165, 1.54) is 0 Å². The largest absolute Gasteiger partial charge is 0.478 e. The smallest absolute Gasteiger partial charge is 0.335 e. The molecule has 0 amide bonds. The average Bonchev–Trinajstić information content (AvgIpc) is 2.46. The Balaban J connectivity index is 2.13.